The van der Waals surface area contributed by atoms with E-state index in [1.54, 1.807) is 26.0 Å². The lowest BCUT2D eigenvalue weighted by atomic mass is 10.1. The SMILES string of the molecule is CCCCCCCCCCCCOc1ccc(-c2ccc(OC(=O)C(F)C(C)C)cc2)cc1. The average molecular weight is 457 g/mol. The van der Waals surface area contributed by atoms with Gasteiger partial charge >= 0.3 is 5.97 Å². The standard InChI is InChI=1S/C29H41FO3/c1-4-5-6-7-8-9-10-11-12-13-22-32-26-18-14-24(15-19-26)25-16-20-27(21-17-25)33-29(31)28(30)23(2)3/h14-21,23,28H,4-13,22H2,1-3H3. The molecule has 2 rings (SSSR count). The summed E-state index contributed by atoms with van der Waals surface area (Å²) >= 11 is 0. The molecule has 0 saturated carbocycles. The highest BCUT2D eigenvalue weighted by molar-refractivity contribution is 5.77. The quantitative estimate of drug-likeness (QED) is 0.144. The minimum absolute atomic E-state index is 0.350. The van der Waals surface area contributed by atoms with Gasteiger partial charge in [-0.05, 0) is 47.7 Å². The van der Waals surface area contributed by atoms with Gasteiger partial charge in [-0.25, -0.2) is 9.18 Å². The Morgan fingerprint density at radius 2 is 1.18 bits per heavy atom. The Morgan fingerprint density at radius 3 is 1.67 bits per heavy atom. The number of rotatable bonds is 16. The van der Waals surface area contributed by atoms with E-state index < -0.39 is 18.1 Å². The van der Waals surface area contributed by atoms with Crippen LogP contribution in [-0.4, -0.2) is 18.7 Å². The number of unbranched alkanes of at least 4 members (excludes halogenated alkanes) is 9. The number of esters is 1. The molecular weight excluding hydrogens is 415 g/mol. The van der Waals surface area contributed by atoms with E-state index in [2.05, 4.69) is 6.92 Å². The van der Waals surface area contributed by atoms with Crippen LogP contribution in [-0.2, 0) is 4.79 Å². The minimum atomic E-state index is -1.61. The molecule has 0 N–H and O–H groups in total. The van der Waals surface area contributed by atoms with Crippen LogP contribution >= 0.6 is 0 Å². The van der Waals surface area contributed by atoms with Gasteiger partial charge in [-0.15, -0.1) is 0 Å². The van der Waals surface area contributed by atoms with Crippen molar-refractivity contribution in [3.05, 3.63) is 48.5 Å². The van der Waals surface area contributed by atoms with Crippen molar-refractivity contribution >= 4 is 5.97 Å². The fraction of sp³-hybridized carbons (Fsp3) is 0.552. The maximum absolute atomic E-state index is 13.7. The predicted molar refractivity (Wildman–Crippen MR) is 135 cm³/mol. The largest absolute Gasteiger partial charge is 0.494 e. The molecule has 0 aliphatic heterocycles. The second kappa shape index (κ2) is 15.5. The Morgan fingerprint density at radius 1 is 0.727 bits per heavy atom. The zero-order valence-electron chi connectivity index (χ0n) is 20.7. The zero-order valence-corrected chi connectivity index (χ0v) is 20.7. The molecule has 0 aliphatic rings. The fourth-order valence-electron chi connectivity index (χ4n) is 3.68. The molecule has 182 valence electrons. The van der Waals surface area contributed by atoms with Gasteiger partial charge in [0, 0.05) is 0 Å². The van der Waals surface area contributed by atoms with E-state index in [0.717, 1.165) is 29.9 Å². The van der Waals surface area contributed by atoms with E-state index >= 15 is 0 Å². The van der Waals surface area contributed by atoms with Crippen LogP contribution in [0.2, 0.25) is 0 Å². The average Bonchev–Trinajstić information content (AvgIpc) is 2.83. The molecule has 0 saturated heterocycles. The van der Waals surface area contributed by atoms with Gasteiger partial charge in [0.25, 0.3) is 0 Å². The molecule has 0 amide bonds. The summed E-state index contributed by atoms with van der Waals surface area (Å²) < 4.78 is 24.7. The van der Waals surface area contributed by atoms with Gasteiger partial charge in [-0.2, -0.15) is 0 Å². The van der Waals surface area contributed by atoms with Crippen molar-refractivity contribution in [2.45, 2.75) is 91.2 Å². The zero-order chi connectivity index (χ0) is 23.9. The molecule has 0 heterocycles. The van der Waals surface area contributed by atoms with E-state index in [1.165, 1.54) is 57.8 Å². The summed E-state index contributed by atoms with van der Waals surface area (Å²) in [6.45, 7) is 6.32. The third-order valence-corrected chi connectivity index (χ3v) is 5.84. The number of hydrogen-bond acceptors (Lipinski definition) is 3. The first kappa shape index (κ1) is 26.9. The van der Waals surface area contributed by atoms with Crippen LogP contribution in [0.3, 0.4) is 0 Å². The normalized spacial score (nSPS) is 12.0. The predicted octanol–water partition coefficient (Wildman–Crippen LogP) is 8.55. The second-order valence-corrected chi connectivity index (χ2v) is 9.15. The lowest BCUT2D eigenvalue weighted by Crippen LogP contribution is -2.26. The molecular formula is C29H41FO3. The van der Waals surface area contributed by atoms with Gasteiger partial charge in [-0.1, -0.05) is 103 Å². The third-order valence-electron chi connectivity index (χ3n) is 5.84. The number of hydrogen-bond donors (Lipinski definition) is 0. The van der Waals surface area contributed by atoms with Gasteiger partial charge in [0.2, 0.25) is 0 Å². The van der Waals surface area contributed by atoms with Gasteiger partial charge in [0.15, 0.2) is 6.17 Å². The molecule has 33 heavy (non-hydrogen) atoms. The molecule has 0 aliphatic carbocycles. The van der Waals surface area contributed by atoms with Crippen LogP contribution in [0.15, 0.2) is 48.5 Å². The van der Waals surface area contributed by atoms with E-state index in [4.69, 9.17) is 9.47 Å². The van der Waals surface area contributed by atoms with Crippen molar-refractivity contribution in [3.63, 3.8) is 0 Å². The summed E-state index contributed by atoms with van der Waals surface area (Å²) in [5.41, 5.74) is 2.04. The molecule has 2 aromatic rings. The van der Waals surface area contributed by atoms with Gasteiger partial charge in [0.05, 0.1) is 6.61 Å². The van der Waals surface area contributed by atoms with Crippen LogP contribution in [0.5, 0.6) is 11.5 Å². The Kier molecular flexibility index (Phi) is 12.6. The Balaban J connectivity index is 1.66. The second-order valence-electron chi connectivity index (χ2n) is 9.15. The summed E-state index contributed by atoms with van der Waals surface area (Å²) in [7, 11) is 0. The number of alkyl halides is 1. The highest BCUT2D eigenvalue weighted by Gasteiger charge is 2.23. The summed E-state index contributed by atoms with van der Waals surface area (Å²) in [6, 6.07) is 15.1. The number of carbonyl (C=O) groups excluding carboxylic acids is 1. The van der Waals surface area contributed by atoms with Crippen molar-refractivity contribution in [1.82, 2.24) is 0 Å². The molecule has 3 nitrogen and oxygen atoms in total. The molecule has 1 atom stereocenters. The highest BCUT2D eigenvalue weighted by atomic mass is 19.1. The minimum Gasteiger partial charge on any atom is -0.494 e. The maximum Gasteiger partial charge on any atom is 0.346 e. The molecule has 0 radical (unpaired) electrons. The first-order valence-corrected chi connectivity index (χ1v) is 12.7. The van der Waals surface area contributed by atoms with Crippen molar-refractivity contribution in [3.8, 4) is 22.6 Å². The van der Waals surface area contributed by atoms with E-state index in [9.17, 15) is 9.18 Å². The van der Waals surface area contributed by atoms with Crippen LogP contribution in [0.1, 0.15) is 85.0 Å². The number of halogens is 1. The van der Waals surface area contributed by atoms with E-state index in [0.29, 0.717) is 5.75 Å². The van der Waals surface area contributed by atoms with Crippen LogP contribution in [0.4, 0.5) is 4.39 Å². The Bertz CT molecular complexity index is 784. The van der Waals surface area contributed by atoms with Crippen molar-refractivity contribution in [1.29, 1.82) is 0 Å². The molecule has 0 aromatic heterocycles. The van der Waals surface area contributed by atoms with Crippen LogP contribution in [0, 0.1) is 5.92 Å². The molecule has 0 spiro atoms. The van der Waals surface area contributed by atoms with Crippen molar-refractivity contribution in [2.75, 3.05) is 6.61 Å². The maximum atomic E-state index is 13.7. The number of carbonyl (C=O) groups is 1. The summed E-state index contributed by atoms with van der Waals surface area (Å²) in [6.07, 6.45) is 11.6. The van der Waals surface area contributed by atoms with E-state index in [-0.39, 0.29) is 0 Å². The van der Waals surface area contributed by atoms with Crippen LogP contribution < -0.4 is 9.47 Å². The summed E-state index contributed by atoms with van der Waals surface area (Å²) in [4.78, 5) is 11.8. The first-order chi connectivity index (χ1) is 16.0. The van der Waals surface area contributed by atoms with Crippen molar-refractivity contribution in [2.24, 2.45) is 5.92 Å². The number of ether oxygens (including phenoxy) is 2. The van der Waals surface area contributed by atoms with Crippen molar-refractivity contribution < 1.29 is 18.7 Å². The molecule has 4 heteroatoms. The fourth-order valence-corrected chi connectivity index (χ4v) is 3.68. The highest BCUT2D eigenvalue weighted by Crippen LogP contribution is 2.25. The summed E-state index contributed by atoms with van der Waals surface area (Å²) in [5.74, 6) is -0.0179. The third kappa shape index (κ3) is 10.4. The Labute approximate surface area is 199 Å². The molecule has 2 aromatic carbocycles. The van der Waals surface area contributed by atoms with Gasteiger partial charge < -0.3 is 9.47 Å². The lowest BCUT2D eigenvalue weighted by Gasteiger charge is -2.11. The topological polar surface area (TPSA) is 35.5 Å². The molecule has 0 fully saturated rings. The molecule has 1 unspecified atom stereocenters. The van der Waals surface area contributed by atoms with Crippen LogP contribution in [0.25, 0.3) is 11.1 Å². The Hall–Kier alpha value is -2.36. The smallest absolute Gasteiger partial charge is 0.346 e. The number of benzene rings is 2. The monoisotopic (exact) mass is 456 g/mol. The lowest BCUT2D eigenvalue weighted by molar-refractivity contribution is -0.141. The first-order valence-electron chi connectivity index (χ1n) is 12.7. The van der Waals surface area contributed by atoms with E-state index in [1.807, 2.05) is 36.4 Å². The molecule has 0 bridgehead atoms. The summed E-state index contributed by atoms with van der Waals surface area (Å²) in [5, 5.41) is 0. The van der Waals surface area contributed by atoms with Gasteiger partial charge in [-0.3, -0.25) is 0 Å². The van der Waals surface area contributed by atoms with Gasteiger partial charge in [0.1, 0.15) is 11.5 Å².